The lowest BCUT2D eigenvalue weighted by Gasteiger charge is -2.43. The number of carboxylic acids is 1. The number of alkyl carbamates (subject to hydrolysis) is 1. The molecule has 2 aliphatic rings. The molecule has 8 nitrogen and oxygen atoms in total. The lowest BCUT2D eigenvalue weighted by molar-refractivity contribution is -0.151. The van der Waals surface area contributed by atoms with Crippen molar-refractivity contribution in [2.45, 2.75) is 37.8 Å². The lowest BCUT2D eigenvalue weighted by Crippen LogP contribution is -2.60. The molecule has 1 unspecified atom stereocenters. The molecule has 1 aliphatic carbocycles. The third kappa shape index (κ3) is 4.71. The van der Waals surface area contributed by atoms with Gasteiger partial charge in [-0.2, -0.15) is 0 Å². The van der Waals surface area contributed by atoms with E-state index in [4.69, 9.17) is 9.47 Å². The molecule has 4 rings (SSSR count). The molecule has 8 heteroatoms. The Morgan fingerprint density at radius 1 is 1.12 bits per heavy atom. The summed E-state index contributed by atoms with van der Waals surface area (Å²) < 4.78 is 10.9. The van der Waals surface area contributed by atoms with Crippen LogP contribution in [0.25, 0.3) is 11.1 Å². The van der Waals surface area contributed by atoms with E-state index in [0.29, 0.717) is 19.8 Å². The summed E-state index contributed by atoms with van der Waals surface area (Å²) in [5.74, 6) is -1.77. The normalized spacial score (nSPS) is 17.6. The Balaban J connectivity index is 1.45. The molecule has 2 aromatic carbocycles. The predicted octanol–water partition coefficient (Wildman–Crippen LogP) is 3.01. The Morgan fingerprint density at radius 2 is 1.73 bits per heavy atom. The molecule has 2 N–H and O–H groups in total. The van der Waals surface area contributed by atoms with Crippen LogP contribution in [0.3, 0.4) is 0 Å². The first-order chi connectivity index (χ1) is 15.8. The maximum Gasteiger partial charge on any atom is 0.407 e. The van der Waals surface area contributed by atoms with Gasteiger partial charge in [-0.25, -0.2) is 4.79 Å². The number of hydrogen-bond donors (Lipinski definition) is 2. The molecule has 0 radical (unpaired) electrons. The topological polar surface area (TPSA) is 105 Å². The molecule has 0 aromatic heterocycles. The van der Waals surface area contributed by atoms with Crippen LogP contribution in [0, 0.1) is 0 Å². The number of fused-ring (bicyclic) bond motifs is 3. The molecule has 174 valence electrons. The average Bonchev–Trinajstić information content (AvgIpc) is 3.10. The molecule has 1 aliphatic heterocycles. The highest BCUT2D eigenvalue weighted by Crippen LogP contribution is 2.44. The molecular weight excluding hydrogens is 424 g/mol. The Labute approximate surface area is 192 Å². The van der Waals surface area contributed by atoms with E-state index >= 15 is 0 Å². The van der Waals surface area contributed by atoms with Gasteiger partial charge >= 0.3 is 12.1 Å². The largest absolute Gasteiger partial charge is 0.481 e. The molecular formula is C25H28N2O6. The second-order valence-electron chi connectivity index (χ2n) is 8.98. The first-order valence-electron chi connectivity index (χ1n) is 11.0. The highest BCUT2D eigenvalue weighted by molar-refractivity contribution is 5.90. The molecule has 0 bridgehead atoms. The standard InChI is InChI=1S/C25H28N2O6/c1-25(2)15-32-12-11-27(25)23(30)21(13-22(28)29)26-24(31)33-14-20-18-9-5-3-7-16(18)17-8-4-6-10-19(17)20/h3-10,20-21H,11-15H2,1-2H3,(H,26,31)(H,28,29). The molecule has 2 amide bonds. The van der Waals surface area contributed by atoms with Crippen LogP contribution in [0.2, 0.25) is 0 Å². The third-order valence-electron chi connectivity index (χ3n) is 6.22. The van der Waals surface area contributed by atoms with E-state index in [1.54, 1.807) is 4.90 Å². The molecule has 0 saturated carbocycles. The van der Waals surface area contributed by atoms with Crippen molar-refractivity contribution in [1.29, 1.82) is 0 Å². The number of morpholine rings is 1. The zero-order valence-electron chi connectivity index (χ0n) is 18.7. The van der Waals surface area contributed by atoms with Crippen LogP contribution in [0.15, 0.2) is 48.5 Å². The average molecular weight is 453 g/mol. The summed E-state index contributed by atoms with van der Waals surface area (Å²) in [4.78, 5) is 38.7. The summed E-state index contributed by atoms with van der Waals surface area (Å²) in [5, 5.41) is 11.8. The van der Waals surface area contributed by atoms with Crippen molar-refractivity contribution in [1.82, 2.24) is 10.2 Å². The molecule has 1 fully saturated rings. The van der Waals surface area contributed by atoms with Gasteiger partial charge in [0.1, 0.15) is 12.6 Å². The van der Waals surface area contributed by atoms with Crippen molar-refractivity contribution in [3.8, 4) is 11.1 Å². The number of carbonyl (C=O) groups is 3. The quantitative estimate of drug-likeness (QED) is 0.698. The van der Waals surface area contributed by atoms with Gasteiger partial charge in [0.15, 0.2) is 0 Å². The van der Waals surface area contributed by atoms with Crippen molar-refractivity contribution >= 4 is 18.0 Å². The Morgan fingerprint density at radius 3 is 2.30 bits per heavy atom. The van der Waals surface area contributed by atoms with Crippen molar-refractivity contribution < 1.29 is 29.0 Å². The van der Waals surface area contributed by atoms with Gasteiger partial charge < -0.3 is 24.8 Å². The number of ether oxygens (including phenoxy) is 2. The first kappa shape index (κ1) is 22.8. The number of benzene rings is 2. The molecule has 2 aromatic rings. The summed E-state index contributed by atoms with van der Waals surface area (Å²) in [7, 11) is 0. The van der Waals surface area contributed by atoms with Crippen molar-refractivity contribution in [3.05, 3.63) is 59.7 Å². The van der Waals surface area contributed by atoms with Gasteiger partial charge in [-0.15, -0.1) is 0 Å². The Hall–Kier alpha value is -3.39. The number of hydrogen-bond acceptors (Lipinski definition) is 5. The van der Waals surface area contributed by atoms with Gasteiger partial charge in [-0.1, -0.05) is 48.5 Å². The highest BCUT2D eigenvalue weighted by Gasteiger charge is 2.39. The fraction of sp³-hybridized carbons (Fsp3) is 0.400. The predicted molar refractivity (Wildman–Crippen MR) is 121 cm³/mol. The van der Waals surface area contributed by atoms with E-state index in [0.717, 1.165) is 22.3 Å². The van der Waals surface area contributed by atoms with E-state index in [1.165, 1.54) is 0 Å². The van der Waals surface area contributed by atoms with Crippen LogP contribution in [0.4, 0.5) is 4.79 Å². The second kappa shape index (κ2) is 9.23. The number of nitrogens with zero attached hydrogens (tertiary/aromatic N) is 1. The maximum absolute atomic E-state index is 13.1. The second-order valence-corrected chi connectivity index (χ2v) is 8.98. The third-order valence-corrected chi connectivity index (χ3v) is 6.22. The minimum Gasteiger partial charge on any atom is -0.481 e. The molecule has 0 spiro atoms. The number of nitrogens with one attached hydrogen (secondary N) is 1. The SMILES string of the molecule is CC1(C)COCCN1C(=O)C(CC(=O)O)NC(=O)OCC1c2ccccc2-c2ccccc21. The van der Waals surface area contributed by atoms with Crippen LogP contribution in [-0.4, -0.2) is 65.9 Å². The van der Waals surface area contributed by atoms with Crippen molar-refractivity contribution in [3.63, 3.8) is 0 Å². The Kier molecular flexibility index (Phi) is 6.37. The van der Waals surface area contributed by atoms with E-state index in [2.05, 4.69) is 5.32 Å². The van der Waals surface area contributed by atoms with E-state index in [9.17, 15) is 19.5 Å². The highest BCUT2D eigenvalue weighted by atomic mass is 16.5. The van der Waals surface area contributed by atoms with Gasteiger partial charge in [0.2, 0.25) is 5.91 Å². The Bertz CT molecular complexity index is 1020. The minimum absolute atomic E-state index is 0.0802. The molecule has 1 heterocycles. The molecule has 33 heavy (non-hydrogen) atoms. The number of rotatable bonds is 6. The fourth-order valence-corrected chi connectivity index (χ4v) is 4.61. The van der Waals surface area contributed by atoms with Crippen LogP contribution < -0.4 is 5.32 Å². The lowest BCUT2D eigenvalue weighted by atomic mass is 9.98. The van der Waals surface area contributed by atoms with Crippen LogP contribution in [0.5, 0.6) is 0 Å². The van der Waals surface area contributed by atoms with Crippen molar-refractivity contribution in [2.24, 2.45) is 0 Å². The van der Waals surface area contributed by atoms with Gasteiger partial charge in [0, 0.05) is 12.5 Å². The molecule has 1 atom stereocenters. The van der Waals surface area contributed by atoms with Gasteiger partial charge in [-0.3, -0.25) is 9.59 Å². The van der Waals surface area contributed by atoms with Crippen LogP contribution in [-0.2, 0) is 19.1 Å². The smallest absolute Gasteiger partial charge is 0.407 e. The van der Waals surface area contributed by atoms with Crippen LogP contribution in [0.1, 0.15) is 37.3 Å². The van der Waals surface area contributed by atoms with E-state index in [1.807, 2.05) is 62.4 Å². The summed E-state index contributed by atoms with van der Waals surface area (Å²) in [6.07, 6.45) is -1.35. The van der Waals surface area contributed by atoms with E-state index < -0.39 is 36.0 Å². The van der Waals surface area contributed by atoms with Gasteiger partial charge in [0.05, 0.1) is 25.2 Å². The zero-order chi connectivity index (χ0) is 23.6. The number of carboxylic acid groups (broad SMARTS) is 1. The summed E-state index contributed by atoms with van der Waals surface area (Å²) >= 11 is 0. The summed E-state index contributed by atoms with van der Waals surface area (Å²) in [6.45, 7) is 4.79. The first-order valence-corrected chi connectivity index (χ1v) is 11.0. The van der Waals surface area contributed by atoms with Gasteiger partial charge in [-0.05, 0) is 36.1 Å². The van der Waals surface area contributed by atoms with Crippen LogP contribution >= 0.6 is 0 Å². The summed E-state index contributed by atoms with van der Waals surface area (Å²) in [5.41, 5.74) is 3.75. The fourth-order valence-electron chi connectivity index (χ4n) is 4.61. The molecule has 1 saturated heterocycles. The number of aliphatic carboxylic acids is 1. The van der Waals surface area contributed by atoms with Gasteiger partial charge in [0.25, 0.3) is 0 Å². The number of carbonyl (C=O) groups excluding carboxylic acids is 2. The number of amides is 2. The van der Waals surface area contributed by atoms with E-state index in [-0.39, 0.29) is 12.5 Å². The minimum atomic E-state index is -1.23. The maximum atomic E-state index is 13.1. The zero-order valence-corrected chi connectivity index (χ0v) is 18.7. The van der Waals surface area contributed by atoms with Crippen molar-refractivity contribution in [2.75, 3.05) is 26.4 Å². The monoisotopic (exact) mass is 452 g/mol. The summed E-state index contributed by atoms with van der Waals surface area (Å²) in [6, 6.07) is 14.7.